The molecule has 4 saturated carbocycles. The van der Waals surface area contributed by atoms with E-state index in [2.05, 4.69) is 0 Å². The van der Waals surface area contributed by atoms with Crippen LogP contribution in [-0.2, 0) is 19.4 Å². The number of alkyl halides is 3. The summed E-state index contributed by atoms with van der Waals surface area (Å²) in [7, 11) is -5.08. The molecule has 0 aromatic rings. The Kier molecular flexibility index (Phi) is 4.64. The maximum Gasteiger partial charge on any atom is 0.497 e. The Hall–Kier alpha value is -0.790. The summed E-state index contributed by atoms with van der Waals surface area (Å²) < 4.78 is 63.9. The summed E-state index contributed by atoms with van der Waals surface area (Å²) in [5.74, 6) is 0.660. The first-order valence-electron chi connectivity index (χ1n) is 8.57. The van der Waals surface area contributed by atoms with E-state index in [1.165, 1.54) is 19.3 Å². The minimum absolute atomic E-state index is 0.00599. The standard InChI is InChI=1S/C16H23F3O4S/c17-16(18,19)24(21,22)4-2-1-3-23-14(20)15-8-11-5-12(9-15)7-13(6-11)10-15/h11-13H,1-10H2. The molecule has 0 aromatic carbocycles. The number of esters is 1. The van der Waals surface area contributed by atoms with Crippen molar-refractivity contribution in [3.63, 3.8) is 0 Å². The van der Waals surface area contributed by atoms with Crippen LogP contribution in [0.15, 0.2) is 0 Å². The SMILES string of the molecule is O=C(OCCCCS(=O)(=O)C(F)(F)F)C12CC3CC(CC(C3)C1)C2. The van der Waals surface area contributed by atoms with Gasteiger partial charge in [-0.25, -0.2) is 8.42 Å². The Bertz CT molecular complexity index is 562. The Morgan fingerprint density at radius 3 is 1.96 bits per heavy atom. The van der Waals surface area contributed by atoms with Crippen molar-refractivity contribution < 1.29 is 31.1 Å². The third-order valence-electron chi connectivity index (χ3n) is 5.86. The molecule has 0 amide bonds. The van der Waals surface area contributed by atoms with Crippen molar-refractivity contribution in [3.05, 3.63) is 0 Å². The molecule has 0 heterocycles. The van der Waals surface area contributed by atoms with Crippen molar-refractivity contribution in [2.24, 2.45) is 23.2 Å². The largest absolute Gasteiger partial charge is 0.497 e. The number of sulfone groups is 1. The summed E-state index contributed by atoms with van der Waals surface area (Å²) in [6.07, 6.45) is 6.23. The first-order valence-corrected chi connectivity index (χ1v) is 10.2. The van der Waals surface area contributed by atoms with Crippen LogP contribution in [0.3, 0.4) is 0 Å². The highest BCUT2D eigenvalue weighted by Crippen LogP contribution is 2.60. The lowest BCUT2D eigenvalue weighted by Crippen LogP contribution is -2.50. The van der Waals surface area contributed by atoms with Crippen LogP contribution in [0.2, 0.25) is 0 Å². The molecule has 0 radical (unpaired) electrons. The van der Waals surface area contributed by atoms with E-state index in [-0.39, 0.29) is 30.8 Å². The van der Waals surface area contributed by atoms with Gasteiger partial charge >= 0.3 is 11.5 Å². The van der Waals surface area contributed by atoms with E-state index >= 15 is 0 Å². The molecule has 0 spiro atoms. The van der Waals surface area contributed by atoms with Gasteiger partial charge in [-0.2, -0.15) is 13.2 Å². The van der Waals surface area contributed by atoms with Crippen LogP contribution >= 0.6 is 0 Å². The molecule has 138 valence electrons. The summed E-state index contributed by atoms with van der Waals surface area (Å²) in [6.45, 7) is -0.00599. The second kappa shape index (κ2) is 6.18. The zero-order valence-electron chi connectivity index (χ0n) is 13.5. The highest BCUT2D eigenvalue weighted by Gasteiger charge is 2.55. The molecule has 8 heteroatoms. The fourth-order valence-corrected chi connectivity index (χ4v) is 6.00. The van der Waals surface area contributed by atoms with Crippen molar-refractivity contribution >= 4 is 15.8 Å². The molecular formula is C16H23F3O4S. The van der Waals surface area contributed by atoms with Crippen LogP contribution in [0, 0.1) is 23.2 Å². The van der Waals surface area contributed by atoms with E-state index in [1.807, 2.05) is 0 Å². The highest BCUT2D eigenvalue weighted by molar-refractivity contribution is 7.92. The predicted molar refractivity (Wildman–Crippen MR) is 80.6 cm³/mol. The Balaban J connectivity index is 1.44. The molecule has 24 heavy (non-hydrogen) atoms. The summed E-state index contributed by atoms with van der Waals surface area (Å²) in [5, 5.41) is 0. The Morgan fingerprint density at radius 2 is 1.50 bits per heavy atom. The lowest BCUT2D eigenvalue weighted by atomic mass is 9.49. The zero-order valence-corrected chi connectivity index (χ0v) is 14.3. The molecule has 0 saturated heterocycles. The molecule has 4 aliphatic carbocycles. The fourth-order valence-electron chi connectivity index (χ4n) is 5.19. The van der Waals surface area contributed by atoms with Crippen molar-refractivity contribution in [1.82, 2.24) is 0 Å². The number of ether oxygens (including phenoxy) is 1. The number of unbranched alkanes of at least 4 members (excludes halogenated alkanes) is 1. The van der Waals surface area contributed by atoms with E-state index in [1.54, 1.807) is 0 Å². The molecule has 0 aromatic heterocycles. The van der Waals surface area contributed by atoms with E-state index in [4.69, 9.17) is 4.74 Å². The predicted octanol–water partition coefficient (Wildman–Crippen LogP) is 3.46. The van der Waals surface area contributed by atoms with Gasteiger partial charge in [-0.05, 0) is 69.1 Å². The molecule has 0 N–H and O–H groups in total. The second-order valence-corrected chi connectivity index (χ2v) is 9.91. The van der Waals surface area contributed by atoms with Crippen LogP contribution in [0.25, 0.3) is 0 Å². The maximum atomic E-state index is 12.5. The first kappa shape index (κ1) is 18.0. The molecule has 4 bridgehead atoms. The third-order valence-corrected chi connectivity index (χ3v) is 7.40. The summed E-state index contributed by atoms with van der Waals surface area (Å²) in [5.41, 5.74) is -5.59. The molecule has 0 aliphatic heterocycles. The molecule has 4 aliphatic rings. The molecule has 0 unspecified atom stereocenters. The van der Waals surface area contributed by atoms with Crippen molar-refractivity contribution in [2.75, 3.05) is 12.4 Å². The van der Waals surface area contributed by atoms with E-state index in [9.17, 15) is 26.4 Å². The monoisotopic (exact) mass is 368 g/mol. The van der Waals surface area contributed by atoms with Gasteiger partial charge in [0.15, 0.2) is 0 Å². The topological polar surface area (TPSA) is 60.4 Å². The van der Waals surface area contributed by atoms with E-state index in [0.29, 0.717) is 17.8 Å². The average molecular weight is 368 g/mol. The minimum Gasteiger partial charge on any atom is -0.465 e. The van der Waals surface area contributed by atoms with Gasteiger partial charge in [0.1, 0.15) is 0 Å². The number of hydrogen-bond acceptors (Lipinski definition) is 4. The molecule has 4 nitrogen and oxygen atoms in total. The normalized spacial score (nSPS) is 35.2. The van der Waals surface area contributed by atoms with Gasteiger partial charge in [0.05, 0.1) is 17.8 Å². The lowest BCUT2D eigenvalue weighted by Gasteiger charge is -2.55. The van der Waals surface area contributed by atoms with E-state index in [0.717, 1.165) is 19.3 Å². The van der Waals surface area contributed by atoms with Gasteiger partial charge in [-0.15, -0.1) is 0 Å². The Morgan fingerprint density at radius 1 is 1.00 bits per heavy atom. The maximum absolute atomic E-state index is 12.5. The zero-order chi connectivity index (χ0) is 17.6. The van der Waals surface area contributed by atoms with Gasteiger partial charge in [0.2, 0.25) is 9.84 Å². The van der Waals surface area contributed by atoms with Crippen molar-refractivity contribution in [1.29, 1.82) is 0 Å². The van der Waals surface area contributed by atoms with Crippen molar-refractivity contribution in [3.8, 4) is 0 Å². The van der Waals surface area contributed by atoms with Crippen LogP contribution in [0.4, 0.5) is 13.2 Å². The number of carbonyl (C=O) groups excluding carboxylic acids is 1. The molecular weight excluding hydrogens is 345 g/mol. The van der Waals surface area contributed by atoms with Crippen molar-refractivity contribution in [2.45, 2.75) is 56.9 Å². The fraction of sp³-hybridized carbons (Fsp3) is 0.938. The van der Waals surface area contributed by atoms with Gasteiger partial charge in [0, 0.05) is 0 Å². The second-order valence-electron chi connectivity index (χ2n) is 7.81. The smallest absolute Gasteiger partial charge is 0.465 e. The minimum atomic E-state index is -5.21. The molecule has 0 atom stereocenters. The quantitative estimate of drug-likeness (QED) is 0.532. The summed E-state index contributed by atoms with van der Waals surface area (Å²) in [4.78, 5) is 12.5. The van der Waals surface area contributed by atoms with Crippen LogP contribution in [-0.4, -0.2) is 32.3 Å². The van der Waals surface area contributed by atoms with Crippen LogP contribution in [0.1, 0.15) is 51.4 Å². The van der Waals surface area contributed by atoms with Gasteiger partial charge in [-0.1, -0.05) is 0 Å². The highest BCUT2D eigenvalue weighted by atomic mass is 32.2. The van der Waals surface area contributed by atoms with E-state index < -0.39 is 21.1 Å². The number of hydrogen-bond donors (Lipinski definition) is 0. The third kappa shape index (κ3) is 3.44. The van der Waals surface area contributed by atoms with Gasteiger partial charge < -0.3 is 4.74 Å². The Labute approximate surface area is 140 Å². The molecule has 4 rings (SSSR count). The molecule has 4 fully saturated rings. The van der Waals surface area contributed by atoms with Crippen LogP contribution < -0.4 is 0 Å². The summed E-state index contributed by atoms with van der Waals surface area (Å²) in [6, 6.07) is 0. The average Bonchev–Trinajstić information content (AvgIpc) is 2.43. The van der Waals surface area contributed by atoms with Gasteiger partial charge in [0.25, 0.3) is 0 Å². The number of carbonyl (C=O) groups is 1. The number of rotatable bonds is 6. The lowest BCUT2D eigenvalue weighted by molar-refractivity contribution is -0.171. The first-order chi connectivity index (χ1) is 11.1. The van der Waals surface area contributed by atoms with Gasteiger partial charge in [-0.3, -0.25) is 4.79 Å². The van der Waals surface area contributed by atoms with Crippen LogP contribution in [0.5, 0.6) is 0 Å². The summed E-state index contributed by atoms with van der Waals surface area (Å²) >= 11 is 0. The number of halogens is 3.